The van der Waals surface area contributed by atoms with Crippen LogP contribution >= 0.6 is 0 Å². The lowest BCUT2D eigenvalue weighted by molar-refractivity contribution is 0.152. The lowest BCUT2D eigenvalue weighted by Crippen LogP contribution is -2.43. The Labute approximate surface area is 195 Å². The Morgan fingerprint density at radius 2 is 0.903 bits per heavy atom. The van der Waals surface area contributed by atoms with Crippen LogP contribution in [0.25, 0.3) is 0 Å². The van der Waals surface area contributed by atoms with Gasteiger partial charge >= 0.3 is 0 Å². The highest BCUT2D eigenvalue weighted by molar-refractivity contribution is 4.67. The third kappa shape index (κ3) is 25.8. The van der Waals surface area contributed by atoms with Crippen molar-refractivity contribution in [2.75, 3.05) is 119 Å². The molecular weight excluding hydrogens is 394 g/mol. The highest BCUT2D eigenvalue weighted by Gasteiger charge is 2.09. The van der Waals surface area contributed by atoms with Gasteiger partial charge in [0.25, 0.3) is 0 Å². The molecule has 0 aliphatic carbocycles. The molecule has 0 bridgehead atoms. The molecule has 0 saturated heterocycles. The molecule has 7 N–H and O–H groups in total. The first kappa shape index (κ1) is 40.9. The molecule has 0 heterocycles. The van der Waals surface area contributed by atoms with E-state index in [0.29, 0.717) is 19.6 Å². The average Bonchev–Trinajstić information content (AvgIpc) is 2.67. The minimum atomic E-state index is 0. The molecule has 0 amide bonds. The third-order valence-electron chi connectivity index (χ3n) is 4.58. The first-order valence-corrected chi connectivity index (χ1v) is 10.3. The molecule has 0 atom stereocenters. The second kappa shape index (κ2) is 31.8. The van der Waals surface area contributed by atoms with E-state index in [1.807, 2.05) is 14.1 Å². The summed E-state index contributed by atoms with van der Waals surface area (Å²) >= 11 is 0. The van der Waals surface area contributed by atoms with Gasteiger partial charge in [-0.05, 0) is 14.1 Å². The molecule has 0 saturated carbocycles. The van der Waals surface area contributed by atoms with E-state index in [0.717, 1.165) is 72.0 Å². The second-order valence-corrected chi connectivity index (χ2v) is 6.72. The van der Waals surface area contributed by atoms with Crippen LogP contribution in [0.2, 0.25) is 0 Å². The number of hydrogen-bond donors (Lipinski definition) is 6. The first-order chi connectivity index (χ1) is 13.2. The summed E-state index contributed by atoms with van der Waals surface area (Å²) in [4.78, 5) is 6.89. The second-order valence-electron chi connectivity index (χ2n) is 6.72. The van der Waals surface area contributed by atoms with Crippen LogP contribution in [0.4, 0.5) is 0 Å². The number of nitrogens with two attached hydrogens (primary N) is 1. The van der Waals surface area contributed by atoms with E-state index in [4.69, 9.17) is 5.73 Å². The maximum Gasteiger partial charge on any atom is 0.0558 e. The molecule has 0 spiro atoms. The Morgan fingerprint density at radius 1 is 0.548 bits per heavy atom. The summed E-state index contributed by atoms with van der Waals surface area (Å²) in [7, 11) is 3.91. The number of likely N-dealkylation sites (N-methyl/N-ethyl adjacent to an activating group) is 2. The summed E-state index contributed by atoms with van der Waals surface area (Å²) in [6.07, 6.45) is 0. The van der Waals surface area contributed by atoms with Crippen LogP contribution in [0.15, 0.2) is 0 Å². The molecule has 0 aliphatic heterocycles. The van der Waals surface area contributed by atoms with Gasteiger partial charge in [0.15, 0.2) is 0 Å². The Kier molecular flexibility index (Phi) is 42.0. The van der Waals surface area contributed by atoms with Gasteiger partial charge in [0.2, 0.25) is 0 Å². The third-order valence-corrected chi connectivity index (χ3v) is 4.58. The number of aliphatic hydroxyl groups is 2. The fourth-order valence-electron chi connectivity index (χ4n) is 2.89. The van der Waals surface area contributed by atoms with Crippen molar-refractivity contribution in [1.82, 2.24) is 30.7 Å². The predicted octanol–water partition coefficient (Wildman–Crippen LogP) is -0.591. The van der Waals surface area contributed by atoms with Crippen LogP contribution in [0.3, 0.4) is 0 Å². The van der Waals surface area contributed by atoms with Gasteiger partial charge in [-0.3, -0.25) is 14.7 Å². The molecule has 196 valence electrons. The lowest BCUT2D eigenvalue weighted by atomic mass is 10.3. The minimum Gasteiger partial charge on any atom is -0.395 e. The van der Waals surface area contributed by atoms with Crippen molar-refractivity contribution in [3.8, 4) is 0 Å². The highest BCUT2D eigenvalue weighted by atomic mass is 16.3. The van der Waals surface area contributed by atoms with E-state index in [-0.39, 0.29) is 42.9 Å². The Morgan fingerprint density at radius 3 is 1.23 bits per heavy atom. The number of nitrogens with zero attached hydrogens (tertiary/aromatic N) is 3. The summed E-state index contributed by atoms with van der Waals surface area (Å²) in [6, 6.07) is 0. The van der Waals surface area contributed by atoms with Crippen molar-refractivity contribution in [2.45, 2.75) is 29.7 Å². The molecule has 0 aromatic heterocycles. The Hall–Kier alpha value is -0.360. The quantitative estimate of drug-likeness (QED) is 0.126. The van der Waals surface area contributed by atoms with Gasteiger partial charge in [0, 0.05) is 91.6 Å². The van der Waals surface area contributed by atoms with Gasteiger partial charge in [-0.25, -0.2) is 0 Å². The van der Waals surface area contributed by atoms with E-state index in [2.05, 4.69) is 30.7 Å². The Balaban J connectivity index is -0.000000563. The summed E-state index contributed by atoms with van der Waals surface area (Å²) < 4.78 is 0. The van der Waals surface area contributed by atoms with Crippen LogP contribution in [0.1, 0.15) is 29.7 Å². The van der Waals surface area contributed by atoms with E-state index >= 15 is 0 Å². The molecule has 0 aromatic carbocycles. The van der Waals surface area contributed by atoms with E-state index in [1.54, 1.807) is 0 Å². The fourth-order valence-corrected chi connectivity index (χ4v) is 2.89. The Bertz CT molecular complexity index is 303. The minimum absolute atomic E-state index is 0. The normalized spacial score (nSPS) is 10.5. The maximum absolute atomic E-state index is 9.31. The maximum atomic E-state index is 9.31. The molecule has 0 fully saturated rings. The zero-order valence-electron chi connectivity index (χ0n) is 17.6. The monoisotopic (exact) mass is 455 g/mol. The zero-order valence-corrected chi connectivity index (χ0v) is 17.6. The lowest BCUT2D eigenvalue weighted by Gasteiger charge is -2.27. The van der Waals surface area contributed by atoms with E-state index in [1.165, 1.54) is 0 Å². The molecule has 0 aliphatic rings. The van der Waals surface area contributed by atoms with Gasteiger partial charge in [-0.15, -0.1) is 0 Å². The average molecular weight is 456 g/mol. The summed E-state index contributed by atoms with van der Waals surface area (Å²) in [5.74, 6) is 0. The van der Waals surface area contributed by atoms with Crippen molar-refractivity contribution >= 4 is 0 Å². The number of hydrogen-bond acceptors (Lipinski definition) is 9. The molecular formula is C22H61N7O2. The molecule has 9 nitrogen and oxygen atoms in total. The largest absolute Gasteiger partial charge is 0.395 e. The fraction of sp³-hybridized carbons (Fsp3) is 1.00. The van der Waals surface area contributed by atoms with Gasteiger partial charge in [-0.1, -0.05) is 29.7 Å². The molecule has 0 unspecified atom stereocenters. The number of nitrogens with one attached hydrogen (secondary N) is 3. The van der Waals surface area contributed by atoms with Crippen molar-refractivity contribution in [3.05, 3.63) is 0 Å². The standard InChI is InChI=1S/C18H45N7O2.4CH4/c1-20-4-9-23(8-3-19)11-6-22-7-12-25(16-18-27)14-13-24(15-17-26)10-5-21-2;;;;/h20-22,26-27H,3-19H2,1-2H3;4*1H4. The van der Waals surface area contributed by atoms with Crippen LogP contribution in [-0.2, 0) is 0 Å². The van der Waals surface area contributed by atoms with Gasteiger partial charge < -0.3 is 31.9 Å². The first-order valence-electron chi connectivity index (χ1n) is 10.3. The predicted molar refractivity (Wildman–Crippen MR) is 140 cm³/mol. The summed E-state index contributed by atoms with van der Waals surface area (Å²) in [6.45, 7) is 12.7. The van der Waals surface area contributed by atoms with Gasteiger partial charge in [-0.2, -0.15) is 0 Å². The van der Waals surface area contributed by atoms with Crippen LogP contribution in [-0.4, -0.2) is 144 Å². The molecule has 0 aromatic rings. The smallest absolute Gasteiger partial charge is 0.0558 e. The topological polar surface area (TPSA) is 112 Å². The van der Waals surface area contributed by atoms with E-state index < -0.39 is 0 Å². The van der Waals surface area contributed by atoms with Crippen LogP contribution in [0, 0.1) is 0 Å². The van der Waals surface area contributed by atoms with Crippen LogP contribution in [0.5, 0.6) is 0 Å². The SMILES string of the molecule is C.C.C.C.CNCCN(CCN)CCNCCN(CCO)CCN(CCO)CCNC. The van der Waals surface area contributed by atoms with Crippen LogP contribution < -0.4 is 21.7 Å². The zero-order chi connectivity index (χ0) is 20.2. The van der Waals surface area contributed by atoms with Crippen molar-refractivity contribution in [1.29, 1.82) is 0 Å². The highest BCUT2D eigenvalue weighted by Crippen LogP contribution is 1.93. The van der Waals surface area contributed by atoms with Crippen molar-refractivity contribution < 1.29 is 10.2 Å². The number of rotatable bonds is 21. The molecule has 9 heteroatoms. The molecule has 0 radical (unpaired) electrons. The number of aliphatic hydroxyl groups excluding tert-OH is 2. The summed E-state index contributed by atoms with van der Waals surface area (Å²) in [5, 5.41) is 28.3. The van der Waals surface area contributed by atoms with Gasteiger partial charge in [0.1, 0.15) is 0 Å². The molecule has 31 heavy (non-hydrogen) atoms. The van der Waals surface area contributed by atoms with Crippen molar-refractivity contribution in [2.24, 2.45) is 5.73 Å². The molecule has 0 rings (SSSR count). The van der Waals surface area contributed by atoms with Gasteiger partial charge in [0.05, 0.1) is 13.2 Å². The summed E-state index contributed by atoms with van der Waals surface area (Å²) in [5.41, 5.74) is 5.68. The van der Waals surface area contributed by atoms with Crippen molar-refractivity contribution in [3.63, 3.8) is 0 Å². The van der Waals surface area contributed by atoms with E-state index in [9.17, 15) is 10.2 Å².